The number of nitrogen functional groups attached to an aromatic ring is 1. The van der Waals surface area contributed by atoms with Gasteiger partial charge in [-0.05, 0) is 12.1 Å². The largest absolute Gasteiger partial charge is 0.496 e. The second-order valence-corrected chi connectivity index (χ2v) is 3.83. The Morgan fingerprint density at radius 3 is 2.83 bits per heavy atom. The molecule has 0 aliphatic carbocycles. The third-order valence-electron chi connectivity index (χ3n) is 2.68. The molecule has 6 nitrogen and oxygen atoms in total. The molecule has 0 saturated carbocycles. The molecule has 0 amide bonds. The highest BCUT2D eigenvalue weighted by Gasteiger charge is 2.10. The number of benzene rings is 1. The number of hydrogen-bond acceptors (Lipinski definition) is 5. The van der Waals surface area contributed by atoms with E-state index in [4.69, 9.17) is 10.5 Å². The fourth-order valence-corrected chi connectivity index (χ4v) is 1.81. The summed E-state index contributed by atoms with van der Waals surface area (Å²) < 4.78 is 5.31. The number of ether oxygens (including phenoxy) is 1. The predicted octanol–water partition coefficient (Wildman–Crippen LogP) is 1.61. The molecule has 90 valence electrons. The number of anilines is 1. The lowest BCUT2D eigenvalue weighted by Crippen LogP contribution is -1.92. The highest BCUT2D eigenvalue weighted by atomic mass is 16.5. The highest BCUT2D eigenvalue weighted by molar-refractivity contribution is 5.79. The number of aromatic amines is 1. The summed E-state index contributed by atoms with van der Waals surface area (Å²) in [5, 5.41) is 7.60. The Morgan fingerprint density at radius 2 is 2.06 bits per heavy atom. The molecule has 3 rings (SSSR count). The normalized spacial score (nSPS) is 10.7. The molecule has 0 saturated heterocycles. The van der Waals surface area contributed by atoms with Gasteiger partial charge in [-0.3, -0.25) is 0 Å². The molecule has 3 aromatic rings. The van der Waals surface area contributed by atoms with Crippen molar-refractivity contribution >= 4 is 16.7 Å². The summed E-state index contributed by atoms with van der Waals surface area (Å²) in [6, 6.07) is 5.44. The molecule has 3 N–H and O–H groups in total. The van der Waals surface area contributed by atoms with Crippen molar-refractivity contribution < 1.29 is 4.74 Å². The van der Waals surface area contributed by atoms with Crippen LogP contribution in [-0.4, -0.2) is 27.3 Å². The molecule has 0 unspecified atom stereocenters. The molecule has 0 spiro atoms. The zero-order valence-corrected chi connectivity index (χ0v) is 9.71. The van der Waals surface area contributed by atoms with Crippen LogP contribution in [0, 0.1) is 0 Å². The van der Waals surface area contributed by atoms with Crippen molar-refractivity contribution in [2.24, 2.45) is 0 Å². The highest BCUT2D eigenvalue weighted by Crippen LogP contribution is 2.30. The van der Waals surface area contributed by atoms with Gasteiger partial charge in [0.2, 0.25) is 0 Å². The maximum Gasteiger partial charge on any atom is 0.142 e. The summed E-state index contributed by atoms with van der Waals surface area (Å²) in [4.78, 5) is 7.61. The Hall–Kier alpha value is -2.63. The van der Waals surface area contributed by atoms with Crippen molar-refractivity contribution in [2.45, 2.75) is 0 Å². The van der Waals surface area contributed by atoms with Gasteiger partial charge in [-0.25, -0.2) is 4.98 Å². The van der Waals surface area contributed by atoms with Crippen LogP contribution in [0.1, 0.15) is 0 Å². The van der Waals surface area contributed by atoms with Crippen LogP contribution in [0.15, 0.2) is 30.6 Å². The molecule has 0 aliphatic heterocycles. The van der Waals surface area contributed by atoms with Crippen molar-refractivity contribution in [1.29, 1.82) is 0 Å². The second-order valence-electron chi connectivity index (χ2n) is 3.83. The topological polar surface area (TPSA) is 89.7 Å². The second kappa shape index (κ2) is 3.99. The van der Waals surface area contributed by atoms with E-state index in [0.717, 1.165) is 16.6 Å². The van der Waals surface area contributed by atoms with Crippen LogP contribution < -0.4 is 10.5 Å². The van der Waals surface area contributed by atoms with Crippen LogP contribution in [0.2, 0.25) is 0 Å². The molecule has 2 aromatic heterocycles. The van der Waals surface area contributed by atoms with Crippen molar-refractivity contribution in [2.75, 3.05) is 12.8 Å². The van der Waals surface area contributed by atoms with Gasteiger partial charge in [0.25, 0.3) is 0 Å². The number of rotatable bonds is 2. The number of nitrogens with zero attached hydrogens (tertiary/aromatic N) is 3. The van der Waals surface area contributed by atoms with E-state index in [1.54, 1.807) is 25.6 Å². The molecule has 0 atom stereocenters. The Morgan fingerprint density at radius 1 is 1.22 bits per heavy atom. The van der Waals surface area contributed by atoms with E-state index in [-0.39, 0.29) is 0 Å². The lowest BCUT2D eigenvalue weighted by molar-refractivity contribution is 0.416. The maximum absolute atomic E-state index is 5.73. The third kappa shape index (κ3) is 1.64. The number of nitrogens with two attached hydrogens (primary N) is 1. The van der Waals surface area contributed by atoms with Crippen molar-refractivity contribution in [3.8, 4) is 17.1 Å². The fraction of sp³-hybridized carbons (Fsp3) is 0.0833. The van der Waals surface area contributed by atoms with E-state index in [9.17, 15) is 0 Å². The molecule has 18 heavy (non-hydrogen) atoms. The van der Waals surface area contributed by atoms with Gasteiger partial charge in [0.1, 0.15) is 17.1 Å². The average Bonchev–Trinajstić information content (AvgIpc) is 2.82. The van der Waals surface area contributed by atoms with Gasteiger partial charge in [0, 0.05) is 11.8 Å². The Kier molecular flexibility index (Phi) is 2.33. The first-order valence-electron chi connectivity index (χ1n) is 5.38. The van der Waals surface area contributed by atoms with Crippen LogP contribution in [0.25, 0.3) is 22.4 Å². The van der Waals surface area contributed by atoms with E-state index in [2.05, 4.69) is 20.2 Å². The summed E-state index contributed by atoms with van der Waals surface area (Å²) in [6.45, 7) is 0. The molecule has 6 heteroatoms. The molecule has 2 heterocycles. The van der Waals surface area contributed by atoms with Crippen molar-refractivity contribution in [3.63, 3.8) is 0 Å². The van der Waals surface area contributed by atoms with Crippen LogP contribution in [0.3, 0.4) is 0 Å². The van der Waals surface area contributed by atoms with E-state index < -0.39 is 0 Å². The lowest BCUT2D eigenvalue weighted by atomic mass is 10.1. The van der Waals surface area contributed by atoms with Crippen LogP contribution >= 0.6 is 0 Å². The molecule has 0 bridgehead atoms. The SMILES string of the molecule is COc1cc(N)ccc1-c1nc2cnncc2[nH]1. The van der Waals surface area contributed by atoms with Gasteiger partial charge in [-0.1, -0.05) is 0 Å². The van der Waals surface area contributed by atoms with Gasteiger partial charge in [-0.2, -0.15) is 10.2 Å². The number of aromatic nitrogens is 4. The third-order valence-corrected chi connectivity index (χ3v) is 2.68. The zero-order valence-electron chi connectivity index (χ0n) is 9.71. The first-order valence-corrected chi connectivity index (χ1v) is 5.38. The molecule has 0 aliphatic rings. The number of methoxy groups -OCH3 is 1. The fourth-order valence-electron chi connectivity index (χ4n) is 1.81. The summed E-state index contributed by atoms with van der Waals surface area (Å²) >= 11 is 0. The average molecular weight is 241 g/mol. The summed E-state index contributed by atoms with van der Waals surface area (Å²) in [7, 11) is 1.60. The van der Waals surface area contributed by atoms with Gasteiger partial charge in [0.15, 0.2) is 0 Å². The van der Waals surface area contributed by atoms with Gasteiger partial charge in [0.05, 0.1) is 30.6 Å². The lowest BCUT2D eigenvalue weighted by Gasteiger charge is -2.06. The molecular formula is C12H11N5O. The van der Waals surface area contributed by atoms with Crippen LogP contribution in [-0.2, 0) is 0 Å². The van der Waals surface area contributed by atoms with E-state index in [0.29, 0.717) is 17.3 Å². The quantitative estimate of drug-likeness (QED) is 0.665. The maximum atomic E-state index is 5.73. The Labute approximate surface area is 103 Å². The van der Waals surface area contributed by atoms with E-state index in [1.807, 2.05) is 12.1 Å². The first kappa shape index (κ1) is 10.5. The molecule has 1 aromatic carbocycles. The standard InChI is InChI=1S/C12H11N5O/c1-18-11-4-7(13)2-3-8(11)12-16-9-5-14-15-6-10(9)17-12/h2-6H,13H2,1H3,(H,16,17). The number of nitrogens with one attached hydrogen (secondary N) is 1. The van der Waals surface area contributed by atoms with Crippen LogP contribution in [0.4, 0.5) is 5.69 Å². The van der Waals surface area contributed by atoms with E-state index >= 15 is 0 Å². The Bertz CT molecular complexity index is 674. The molecule has 0 radical (unpaired) electrons. The van der Waals surface area contributed by atoms with E-state index in [1.165, 1.54) is 0 Å². The number of fused-ring (bicyclic) bond motifs is 1. The number of H-pyrrole nitrogens is 1. The zero-order chi connectivity index (χ0) is 12.5. The van der Waals surface area contributed by atoms with Crippen molar-refractivity contribution in [1.82, 2.24) is 20.2 Å². The van der Waals surface area contributed by atoms with Crippen LogP contribution in [0.5, 0.6) is 5.75 Å². The van der Waals surface area contributed by atoms with Crippen molar-refractivity contribution in [3.05, 3.63) is 30.6 Å². The first-order chi connectivity index (χ1) is 8.78. The number of imidazole rings is 1. The minimum Gasteiger partial charge on any atom is -0.496 e. The summed E-state index contributed by atoms with van der Waals surface area (Å²) in [5.74, 6) is 1.38. The van der Waals surface area contributed by atoms with Gasteiger partial charge in [-0.15, -0.1) is 0 Å². The Balaban J connectivity index is 2.19. The monoisotopic (exact) mass is 241 g/mol. The smallest absolute Gasteiger partial charge is 0.142 e. The summed E-state index contributed by atoms with van der Waals surface area (Å²) in [5.41, 5.74) is 8.82. The summed E-state index contributed by atoms with van der Waals surface area (Å²) in [6.07, 6.45) is 3.24. The minimum absolute atomic E-state index is 0.648. The minimum atomic E-state index is 0.648. The van der Waals surface area contributed by atoms with Gasteiger partial charge < -0.3 is 15.5 Å². The van der Waals surface area contributed by atoms with Gasteiger partial charge >= 0.3 is 0 Å². The molecule has 0 fully saturated rings. The predicted molar refractivity (Wildman–Crippen MR) is 68.1 cm³/mol. The molecular weight excluding hydrogens is 230 g/mol. The number of hydrogen-bond donors (Lipinski definition) is 2.